The van der Waals surface area contributed by atoms with Crippen LogP contribution in [0.3, 0.4) is 0 Å². The first-order valence-electron chi connectivity index (χ1n) is 5.41. The molecule has 0 saturated heterocycles. The van der Waals surface area contributed by atoms with Crippen LogP contribution in [0.5, 0.6) is 0 Å². The van der Waals surface area contributed by atoms with Gasteiger partial charge in [0.1, 0.15) is 5.52 Å². The van der Waals surface area contributed by atoms with E-state index in [-0.39, 0.29) is 0 Å². The van der Waals surface area contributed by atoms with E-state index in [4.69, 9.17) is 5.73 Å². The second-order valence-electron chi connectivity index (χ2n) is 3.90. The largest absolute Gasteiger partial charge is 0.382 e. The second-order valence-corrected chi connectivity index (χ2v) is 3.90. The maximum atomic E-state index is 5.92. The summed E-state index contributed by atoms with van der Waals surface area (Å²) in [7, 11) is 0. The molecule has 0 fully saturated rings. The molecule has 0 aliphatic carbocycles. The smallest absolute Gasteiger partial charge is 0.152 e. The normalized spacial score (nSPS) is 11.1. The van der Waals surface area contributed by atoms with Crippen LogP contribution in [0, 0.1) is 0 Å². The highest BCUT2D eigenvalue weighted by molar-refractivity contribution is 6.06. The molecular formula is C13H12N4. The number of nitrogens with two attached hydrogens (primary N) is 1. The molecule has 3 rings (SSSR count). The quantitative estimate of drug-likeness (QED) is 0.680. The summed E-state index contributed by atoms with van der Waals surface area (Å²) in [4.78, 5) is 8.67. The second kappa shape index (κ2) is 3.59. The van der Waals surface area contributed by atoms with Crippen molar-refractivity contribution in [2.45, 2.75) is 6.54 Å². The standard InChI is InChI=1S/C13H12N4/c1-2-7-17-8-15-11-12(17)9-5-3-4-6-10(9)16-13(11)14/h2-6,8H,1,7H2,(H2,14,16). The molecule has 0 saturated carbocycles. The summed E-state index contributed by atoms with van der Waals surface area (Å²) in [6.45, 7) is 4.46. The molecule has 4 nitrogen and oxygen atoms in total. The van der Waals surface area contributed by atoms with E-state index in [9.17, 15) is 0 Å². The maximum Gasteiger partial charge on any atom is 0.152 e. The van der Waals surface area contributed by atoms with Gasteiger partial charge in [-0.3, -0.25) is 0 Å². The van der Waals surface area contributed by atoms with E-state index in [1.165, 1.54) is 0 Å². The van der Waals surface area contributed by atoms with Crippen molar-refractivity contribution in [1.29, 1.82) is 0 Å². The van der Waals surface area contributed by atoms with Gasteiger partial charge >= 0.3 is 0 Å². The van der Waals surface area contributed by atoms with Crippen molar-refractivity contribution < 1.29 is 0 Å². The number of pyridine rings is 1. The van der Waals surface area contributed by atoms with Crippen LogP contribution in [-0.4, -0.2) is 14.5 Å². The van der Waals surface area contributed by atoms with Crippen LogP contribution in [0.15, 0.2) is 43.2 Å². The predicted molar refractivity (Wildman–Crippen MR) is 69.6 cm³/mol. The molecule has 17 heavy (non-hydrogen) atoms. The Balaban J connectivity index is 2.51. The molecule has 0 radical (unpaired) electrons. The molecular weight excluding hydrogens is 212 g/mol. The Morgan fingerprint density at radius 1 is 1.35 bits per heavy atom. The average molecular weight is 224 g/mol. The summed E-state index contributed by atoms with van der Waals surface area (Å²) in [6.07, 6.45) is 3.61. The lowest BCUT2D eigenvalue weighted by molar-refractivity contribution is 0.853. The van der Waals surface area contributed by atoms with E-state index in [1.54, 1.807) is 6.33 Å². The third kappa shape index (κ3) is 1.38. The number of nitrogens with zero attached hydrogens (tertiary/aromatic N) is 3. The molecule has 2 aromatic heterocycles. The van der Waals surface area contributed by atoms with Crippen LogP contribution < -0.4 is 5.73 Å². The number of hydrogen-bond acceptors (Lipinski definition) is 3. The van der Waals surface area contributed by atoms with Crippen LogP contribution in [0.1, 0.15) is 0 Å². The number of rotatable bonds is 2. The Bertz CT molecular complexity index is 712. The Morgan fingerprint density at radius 2 is 2.18 bits per heavy atom. The van der Waals surface area contributed by atoms with Gasteiger partial charge in [-0.05, 0) is 6.07 Å². The highest BCUT2D eigenvalue weighted by atomic mass is 15.1. The monoisotopic (exact) mass is 224 g/mol. The van der Waals surface area contributed by atoms with Gasteiger partial charge in [0, 0.05) is 11.9 Å². The number of aromatic nitrogens is 3. The Kier molecular flexibility index (Phi) is 2.08. The number of fused-ring (bicyclic) bond motifs is 3. The van der Waals surface area contributed by atoms with Gasteiger partial charge in [-0.1, -0.05) is 24.3 Å². The van der Waals surface area contributed by atoms with E-state index >= 15 is 0 Å². The third-order valence-corrected chi connectivity index (χ3v) is 2.81. The molecule has 84 valence electrons. The van der Waals surface area contributed by atoms with E-state index in [0.29, 0.717) is 12.4 Å². The molecule has 4 heteroatoms. The van der Waals surface area contributed by atoms with Crippen molar-refractivity contribution in [3.63, 3.8) is 0 Å². The van der Waals surface area contributed by atoms with Crippen LogP contribution in [0.4, 0.5) is 5.82 Å². The number of allylic oxidation sites excluding steroid dienone is 1. The van der Waals surface area contributed by atoms with E-state index < -0.39 is 0 Å². The fourth-order valence-electron chi connectivity index (χ4n) is 2.08. The summed E-state index contributed by atoms with van der Waals surface area (Å²) in [6, 6.07) is 7.93. The first-order chi connectivity index (χ1) is 8.31. The molecule has 0 spiro atoms. The van der Waals surface area contributed by atoms with Crippen LogP contribution in [-0.2, 0) is 6.54 Å². The Hall–Kier alpha value is -2.36. The third-order valence-electron chi connectivity index (χ3n) is 2.81. The fraction of sp³-hybridized carbons (Fsp3) is 0.0769. The highest BCUT2D eigenvalue weighted by Gasteiger charge is 2.10. The van der Waals surface area contributed by atoms with Gasteiger partial charge in [0.25, 0.3) is 0 Å². The summed E-state index contributed by atoms with van der Waals surface area (Å²) in [5, 5.41) is 1.07. The molecule has 1 aromatic carbocycles. The number of nitrogen functional groups attached to an aromatic ring is 1. The fourth-order valence-corrected chi connectivity index (χ4v) is 2.08. The van der Waals surface area contributed by atoms with Crippen molar-refractivity contribution in [2.75, 3.05) is 5.73 Å². The van der Waals surface area contributed by atoms with Crippen molar-refractivity contribution in [2.24, 2.45) is 0 Å². The summed E-state index contributed by atoms with van der Waals surface area (Å²) in [5.74, 6) is 0.474. The number of anilines is 1. The SMILES string of the molecule is C=CCn1cnc2c(N)nc3ccccc3c21. The first kappa shape index (κ1) is 9.84. The molecule has 0 atom stereocenters. The van der Waals surface area contributed by atoms with Crippen LogP contribution in [0.2, 0.25) is 0 Å². The van der Waals surface area contributed by atoms with Crippen molar-refractivity contribution in [3.05, 3.63) is 43.2 Å². The van der Waals surface area contributed by atoms with Crippen LogP contribution >= 0.6 is 0 Å². The topological polar surface area (TPSA) is 56.7 Å². The lowest BCUT2D eigenvalue weighted by Crippen LogP contribution is -1.96. The minimum atomic E-state index is 0.474. The Morgan fingerprint density at radius 3 is 3.00 bits per heavy atom. The van der Waals surface area contributed by atoms with Crippen molar-refractivity contribution in [3.8, 4) is 0 Å². The zero-order valence-electron chi connectivity index (χ0n) is 9.30. The predicted octanol–water partition coefficient (Wildman–Crippen LogP) is 2.35. The number of imidazole rings is 1. The lowest BCUT2D eigenvalue weighted by atomic mass is 10.2. The maximum absolute atomic E-state index is 5.92. The number of benzene rings is 1. The number of para-hydroxylation sites is 1. The first-order valence-corrected chi connectivity index (χ1v) is 5.41. The summed E-state index contributed by atoms with van der Waals surface area (Å²) < 4.78 is 2.03. The van der Waals surface area contributed by atoms with E-state index in [2.05, 4.69) is 16.5 Å². The molecule has 2 heterocycles. The lowest BCUT2D eigenvalue weighted by Gasteiger charge is -2.05. The molecule has 3 aromatic rings. The zero-order chi connectivity index (χ0) is 11.8. The zero-order valence-corrected chi connectivity index (χ0v) is 9.30. The van der Waals surface area contributed by atoms with Gasteiger partial charge in [-0.25, -0.2) is 9.97 Å². The molecule has 0 amide bonds. The van der Waals surface area contributed by atoms with Gasteiger partial charge in [0.05, 0.1) is 17.4 Å². The van der Waals surface area contributed by atoms with Gasteiger partial charge in [0.2, 0.25) is 0 Å². The van der Waals surface area contributed by atoms with Crippen LogP contribution in [0.25, 0.3) is 21.9 Å². The van der Waals surface area contributed by atoms with Gasteiger partial charge in [0.15, 0.2) is 5.82 Å². The van der Waals surface area contributed by atoms with E-state index in [0.717, 1.165) is 21.9 Å². The van der Waals surface area contributed by atoms with E-state index in [1.807, 2.05) is 34.9 Å². The molecule has 0 aliphatic rings. The van der Waals surface area contributed by atoms with Crippen molar-refractivity contribution in [1.82, 2.24) is 14.5 Å². The van der Waals surface area contributed by atoms with Crippen molar-refractivity contribution >= 4 is 27.8 Å². The average Bonchev–Trinajstić information content (AvgIpc) is 2.75. The molecule has 0 aliphatic heterocycles. The molecule has 0 unspecified atom stereocenters. The van der Waals surface area contributed by atoms with Gasteiger partial charge < -0.3 is 10.3 Å². The minimum absolute atomic E-state index is 0.474. The summed E-state index contributed by atoms with van der Waals surface area (Å²) in [5.41, 5.74) is 8.59. The minimum Gasteiger partial charge on any atom is -0.382 e. The number of hydrogen-bond donors (Lipinski definition) is 1. The molecule has 0 bridgehead atoms. The molecule has 2 N–H and O–H groups in total. The Labute approximate surface area is 98.4 Å². The summed E-state index contributed by atoms with van der Waals surface area (Å²) >= 11 is 0. The van der Waals surface area contributed by atoms with Gasteiger partial charge in [-0.2, -0.15) is 0 Å². The highest BCUT2D eigenvalue weighted by Crippen LogP contribution is 2.26. The van der Waals surface area contributed by atoms with Gasteiger partial charge in [-0.15, -0.1) is 6.58 Å².